The van der Waals surface area contributed by atoms with Gasteiger partial charge in [0, 0.05) is 61.3 Å². The minimum absolute atomic E-state index is 0.0300. The molecule has 4 N–H and O–H groups in total. The number of alkyl halides is 3. The van der Waals surface area contributed by atoms with Gasteiger partial charge in [-0.25, -0.2) is 0 Å². The van der Waals surface area contributed by atoms with Crippen LogP contribution < -0.4 is 21.3 Å². The molecule has 92 heavy (non-hydrogen) atoms. The van der Waals surface area contributed by atoms with E-state index in [9.17, 15) is 51.5 Å². The van der Waals surface area contributed by atoms with Gasteiger partial charge in [0.1, 0.15) is 41.8 Å². The molecule has 0 radical (unpaired) electrons. The number of fused-ring (bicyclic) bond motifs is 1. The topological polar surface area (TPSA) is 259 Å². The predicted molar refractivity (Wildman–Crippen MR) is 342 cm³/mol. The average Bonchev–Trinajstić information content (AvgIpc) is 1.46. The highest BCUT2D eigenvalue weighted by Crippen LogP contribution is 2.37. The zero-order valence-electron chi connectivity index (χ0n) is 56.5. The summed E-state index contributed by atoms with van der Waals surface area (Å²) in [6.45, 7) is 11.4. The lowest BCUT2D eigenvalue weighted by Gasteiger charge is -2.39. The number of likely N-dealkylation sites (N-methyl/N-ethyl adjacent to an activating group) is 6. The monoisotopic (exact) mass is 1320 g/mol. The summed E-state index contributed by atoms with van der Waals surface area (Å²) in [5.74, 6) is -7.49. The van der Waals surface area contributed by atoms with E-state index in [1.165, 1.54) is 72.9 Å². The van der Waals surface area contributed by atoms with E-state index in [-0.39, 0.29) is 75.7 Å². The third-order valence-electron chi connectivity index (χ3n) is 19.0. The van der Waals surface area contributed by atoms with Crippen molar-refractivity contribution in [1.82, 2.24) is 55.6 Å². The van der Waals surface area contributed by atoms with Crippen molar-refractivity contribution in [3.63, 3.8) is 0 Å². The minimum atomic E-state index is -4.75. The molecule has 2 aliphatic carbocycles. The number of amides is 11. The van der Waals surface area contributed by atoms with Gasteiger partial charge >= 0.3 is 6.18 Å². The van der Waals surface area contributed by atoms with Crippen molar-refractivity contribution < 1.29 is 65.9 Å². The number of piperidine rings is 1. The fourth-order valence-corrected chi connectivity index (χ4v) is 13.5. The van der Waals surface area contributed by atoms with Crippen molar-refractivity contribution >= 4 is 76.6 Å². The van der Waals surface area contributed by atoms with Crippen LogP contribution in [0.1, 0.15) is 175 Å². The fraction of sp³-hybridized carbons (Fsp3) is 0.742. The maximum absolute atomic E-state index is 15.2. The number of benzene rings is 1. The van der Waals surface area contributed by atoms with Gasteiger partial charge in [0.25, 0.3) is 0 Å². The fourth-order valence-electron chi connectivity index (χ4n) is 13.2. The average molecular weight is 1320 g/mol. The molecular formula is C66H103ClF3N11O11. The summed E-state index contributed by atoms with van der Waals surface area (Å²) >= 11 is 6.13. The molecule has 0 bridgehead atoms. The number of nitrogens with zero attached hydrogens (tertiary/aromatic N) is 7. The highest BCUT2D eigenvalue weighted by atomic mass is 35.5. The molecule has 516 valence electrons. The second-order valence-electron chi connectivity index (χ2n) is 27.4. The Bertz CT molecular complexity index is 2800. The van der Waals surface area contributed by atoms with Gasteiger partial charge < -0.3 is 55.6 Å². The number of nitrogens with one attached hydrogen (secondary N) is 4. The molecule has 1 aromatic rings. The molecule has 0 aromatic heterocycles. The number of halogens is 4. The minimum Gasteiger partial charge on any atom is -0.351 e. The first-order chi connectivity index (χ1) is 43.1. The zero-order chi connectivity index (χ0) is 68.7. The van der Waals surface area contributed by atoms with Crippen LogP contribution in [-0.4, -0.2) is 216 Å². The van der Waals surface area contributed by atoms with Crippen LogP contribution in [-0.2, 0) is 65.3 Å². The molecule has 4 aliphatic rings. The Kier molecular flexibility index (Phi) is 28.2. The summed E-state index contributed by atoms with van der Waals surface area (Å²) in [5, 5.41) is 11.0. The van der Waals surface area contributed by atoms with Gasteiger partial charge in [-0.2, -0.15) is 13.2 Å². The first-order valence-corrected chi connectivity index (χ1v) is 33.4. The molecule has 22 nitrogen and oxygen atoms in total. The Morgan fingerprint density at radius 3 is 1.79 bits per heavy atom. The van der Waals surface area contributed by atoms with Crippen LogP contribution in [0.25, 0.3) is 0 Å². The number of hydrogen-bond acceptors (Lipinski definition) is 11. The van der Waals surface area contributed by atoms with Gasteiger partial charge in [-0.3, -0.25) is 52.7 Å². The molecule has 26 heteroatoms. The van der Waals surface area contributed by atoms with E-state index in [1.54, 1.807) is 13.8 Å². The predicted octanol–water partition coefficient (Wildman–Crippen LogP) is 5.94. The largest absolute Gasteiger partial charge is 0.417 e. The van der Waals surface area contributed by atoms with E-state index >= 15 is 14.4 Å². The van der Waals surface area contributed by atoms with Crippen LogP contribution in [0.4, 0.5) is 13.2 Å². The number of carbonyl (C=O) groups excluding carboxylic acids is 11. The van der Waals surface area contributed by atoms with E-state index in [0.717, 1.165) is 54.0 Å². The molecule has 8 atom stereocenters. The second-order valence-corrected chi connectivity index (χ2v) is 27.8. The summed E-state index contributed by atoms with van der Waals surface area (Å²) in [6, 6.07) is -4.58. The second kappa shape index (κ2) is 34.0. The van der Waals surface area contributed by atoms with E-state index in [0.29, 0.717) is 44.1 Å². The highest BCUT2D eigenvalue weighted by Gasteiger charge is 2.49. The van der Waals surface area contributed by atoms with Gasteiger partial charge in [-0.05, 0) is 112 Å². The molecule has 2 aliphatic heterocycles. The third kappa shape index (κ3) is 20.5. The molecule has 1 spiro atoms. The molecule has 2 heterocycles. The molecule has 2 saturated heterocycles. The van der Waals surface area contributed by atoms with Crippen molar-refractivity contribution in [3.05, 3.63) is 34.3 Å². The van der Waals surface area contributed by atoms with Crippen LogP contribution >= 0.6 is 11.6 Å². The number of hydrogen-bond donors (Lipinski definition) is 4. The van der Waals surface area contributed by atoms with Gasteiger partial charge in [0.05, 0.1) is 30.2 Å². The maximum atomic E-state index is 15.2. The summed E-state index contributed by atoms with van der Waals surface area (Å²) in [4.78, 5) is 169. The van der Waals surface area contributed by atoms with E-state index in [1.807, 2.05) is 34.6 Å². The van der Waals surface area contributed by atoms with Crippen LogP contribution in [0.15, 0.2) is 18.2 Å². The Hall–Kier alpha value is -6.53. The van der Waals surface area contributed by atoms with Crippen LogP contribution in [0.2, 0.25) is 5.02 Å². The van der Waals surface area contributed by atoms with Crippen molar-refractivity contribution in [2.45, 2.75) is 224 Å². The van der Waals surface area contributed by atoms with Crippen molar-refractivity contribution in [1.29, 1.82) is 0 Å². The Morgan fingerprint density at radius 1 is 0.620 bits per heavy atom. The highest BCUT2D eigenvalue weighted by molar-refractivity contribution is 6.31. The summed E-state index contributed by atoms with van der Waals surface area (Å²) in [5.41, 5.74) is -2.29. The van der Waals surface area contributed by atoms with Gasteiger partial charge in [-0.15, -0.1) is 0 Å². The molecule has 5 rings (SSSR count). The summed E-state index contributed by atoms with van der Waals surface area (Å²) in [6.07, 6.45) is 3.08. The van der Waals surface area contributed by atoms with Crippen molar-refractivity contribution in [2.24, 2.45) is 23.7 Å². The Labute approximate surface area is 546 Å². The van der Waals surface area contributed by atoms with E-state index in [2.05, 4.69) is 21.3 Å². The molecule has 1 aromatic carbocycles. The maximum Gasteiger partial charge on any atom is 0.417 e. The van der Waals surface area contributed by atoms with Crippen molar-refractivity contribution in [2.75, 3.05) is 68.5 Å². The number of aryl methyl sites for hydroxylation is 1. The van der Waals surface area contributed by atoms with Crippen LogP contribution in [0, 0.1) is 23.7 Å². The first kappa shape index (κ1) is 76.2. The normalized spacial score (nSPS) is 26.1. The van der Waals surface area contributed by atoms with Gasteiger partial charge in [0.2, 0.25) is 65.0 Å². The molecular weight excluding hydrogens is 1220 g/mol. The SMILES string of the molecule is CC[C@H](C)[C@@H]1NC(=O)[C@@H]2CCCCN2C(=O)C[C@@H](C)NC(=O)[C@H](CC(C)C)N(C)C(=O)C2(CCCC2)NC(=O)[C@H](CC(C)C)N(C)C(=O)[C@H](CCc2ccc(C(F)(F)F)c(Cl)c2)NC(=O)CN(C)C(=O)[C@H](CC2CCCCC2)N(C)C(=O)CN(C)C(=O)CN(C)C1=O. The van der Waals surface area contributed by atoms with Crippen molar-refractivity contribution in [3.8, 4) is 0 Å². The van der Waals surface area contributed by atoms with Crippen LogP contribution in [0.5, 0.6) is 0 Å². The Morgan fingerprint density at radius 2 is 1.21 bits per heavy atom. The third-order valence-corrected chi connectivity index (χ3v) is 19.3. The van der Waals surface area contributed by atoms with Crippen LogP contribution in [0.3, 0.4) is 0 Å². The standard InChI is InChI=1S/C66H103ClF3N11O11/c1-14-42(6)57-63(91)77(10)38-55(84)75(8)39-56(85)78(11)52(36-44-22-16-15-17-23-44)62(90)76(9)37-53(82)72-48(28-26-45-25-27-46(47(67)35-45)66(68,69)70)61(89)79(12)51(33-41(4)5)60(88)74-65(29-19-20-30-65)64(92)80(13)50(32-40(2)3)59(87)71-43(7)34-54(83)81-31-21-18-24-49(81)58(86)73-57/h25,27,35,40-44,48-52,57H,14-24,26,28-34,36-39H2,1-13H3,(H,71,87)(H,72,82)(H,73,86)(H,74,88)/t42-,43+,48-,49-,50-,51-,52-,57-/m0/s1. The molecule has 0 unspecified atom stereocenters. The van der Waals surface area contributed by atoms with Gasteiger partial charge in [-0.1, -0.05) is 111 Å². The molecule has 11 amide bonds. The first-order valence-electron chi connectivity index (χ1n) is 33.0. The zero-order valence-corrected chi connectivity index (χ0v) is 57.2. The molecule has 2 saturated carbocycles. The molecule has 4 fully saturated rings. The summed E-state index contributed by atoms with van der Waals surface area (Å²) < 4.78 is 41.4. The lowest BCUT2D eigenvalue weighted by molar-refractivity contribution is -0.149. The number of carbonyl (C=O) groups is 11. The lowest BCUT2D eigenvalue weighted by Crippen LogP contribution is -2.64. The van der Waals surface area contributed by atoms with E-state index < -0.39 is 155 Å². The summed E-state index contributed by atoms with van der Waals surface area (Å²) in [7, 11) is 8.49. The lowest BCUT2D eigenvalue weighted by atomic mass is 9.84. The van der Waals surface area contributed by atoms with E-state index in [4.69, 9.17) is 11.6 Å². The Balaban J connectivity index is 1.57. The smallest absolute Gasteiger partial charge is 0.351 e. The quantitative estimate of drug-likeness (QED) is 0.201. The number of rotatable bonds is 11. The van der Waals surface area contributed by atoms with Gasteiger partial charge in [0.15, 0.2) is 0 Å².